The van der Waals surface area contributed by atoms with E-state index in [1.807, 2.05) is 37.1 Å². The van der Waals surface area contributed by atoms with Gasteiger partial charge in [-0.05, 0) is 63.7 Å². The lowest BCUT2D eigenvalue weighted by Crippen LogP contribution is -2.44. The van der Waals surface area contributed by atoms with Gasteiger partial charge in [0.2, 0.25) is 0 Å². The van der Waals surface area contributed by atoms with Crippen molar-refractivity contribution in [2.45, 2.75) is 25.8 Å². The fourth-order valence-corrected chi connectivity index (χ4v) is 2.71. The van der Waals surface area contributed by atoms with Crippen LogP contribution in [0.15, 0.2) is 18.2 Å². The average Bonchev–Trinajstić information content (AvgIpc) is 2.46. The summed E-state index contributed by atoms with van der Waals surface area (Å²) >= 11 is 0. The standard InChI is InChI=1S/C15H24N4O/c1-11-10-12(4-5-14(11)17-16)15(20)19(3)13-6-8-18(2)9-7-13/h4-5,10,13,17H,6-9,16H2,1-3H3. The predicted molar refractivity (Wildman–Crippen MR) is 81.6 cm³/mol. The van der Waals surface area contributed by atoms with E-state index in [4.69, 9.17) is 5.84 Å². The van der Waals surface area contributed by atoms with Gasteiger partial charge in [-0.25, -0.2) is 0 Å². The highest BCUT2D eigenvalue weighted by atomic mass is 16.2. The number of likely N-dealkylation sites (tertiary alicyclic amines) is 1. The molecule has 5 nitrogen and oxygen atoms in total. The highest BCUT2D eigenvalue weighted by Gasteiger charge is 2.24. The van der Waals surface area contributed by atoms with E-state index in [0.717, 1.165) is 42.7 Å². The van der Waals surface area contributed by atoms with E-state index in [1.54, 1.807) is 0 Å². The van der Waals surface area contributed by atoms with Crippen LogP contribution in [-0.4, -0.2) is 48.9 Å². The zero-order valence-corrected chi connectivity index (χ0v) is 12.5. The van der Waals surface area contributed by atoms with Crippen LogP contribution in [0.25, 0.3) is 0 Å². The van der Waals surface area contributed by atoms with E-state index in [0.29, 0.717) is 6.04 Å². The smallest absolute Gasteiger partial charge is 0.253 e. The fourth-order valence-electron chi connectivity index (χ4n) is 2.71. The number of nitrogens with one attached hydrogen (secondary N) is 1. The summed E-state index contributed by atoms with van der Waals surface area (Å²) in [6, 6.07) is 5.91. The lowest BCUT2D eigenvalue weighted by Gasteiger charge is -2.35. The van der Waals surface area contributed by atoms with Gasteiger partial charge in [-0.3, -0.25) is 10.6 Å². The Morgan fingerprint density at radius 2 is 2.05 bits per heavy atom. The fraction of sp³-hybridized carbons (Fsp3) is 0.533. The van der Waals surface area contributed by atoms with Gasteiger partial charge in [0.05, 0.1) is 5.69 Å². The highest BCUT2D eigenvalue weighted by Crippen LogP contribution is 2.20. The van der Waals surface area contributed by atoms with Crippen LogP contribution in [0.5, 0.6) is 0 Å². The third-order valence-electron chi connectivity index (χ3n) is 4.19. The number of aryl methyl sites for hydroxylation is 1. The first-order valence-electron chi connectivity index (χ1n) is 7.06. The van der Waals surface area contributed by atoms with E-state index in [1.165, 1.54) is 0 Å². The highest BCUT2D eigenvalue weighted by molar-refractivity contribution is 5.95. The number of hydrogen-bond acceptors (Lipinski definition) is 4. The Balaban J connectivity index is 2.08. The second-order valence-corrected chi connectivity index (χ2v) is 5.62. The molecule has 1 amide bonds. The van der Waals surface area contributed by atoms with E-state index >= 15 is 0 Å². The van der Waals surface area contributed by atoms with Crippen molar-refractivity contribution in [2.75, 3.05) is 32.6 Å². The molecule has 0 aromatic heterocycles. The first-order chi connectivity index (χ1) is 9.52. The molecule has 5 heteroatoms. The third-order valence-corrected chi connectivity index (χ3v) is 4.19. The molecule has 0 saturated carbocycles. The number of hydrogen-bond donors (Lipinski definition) is 2. The quantitative estimate of drug-likeness (QED) is 0.648. The number of rotatable bonds is 3. The van der Waals surface area contributed by atoms with Crippen molar-refractivity contribution in [3.05, 3.63) is 29.3 Å². The molecule has 3 N–H and O–H groups in total. The molecule has 110 valence electrons. The zero-order valence-electron chi connectivity index (χ0n) is 12.5. The van der Waals surface area contributed by atoms with E-state index in [2.05, 4.69) is 17.4 Å². The normalized spacial score (nSPS) is 17.0. The molecule has 2 rings (SSSR count). The van der Waals surface area contributed by atoms with Gasteiger partial charge in [-0.2, -0.15) is 0 Å². The summed E-state index contributed by atoms with van der Waals surface area (Å²) in [5, 5.41) is 0. The van der Waals surface area contributed by atoms with Crippen LogP contribution in [0.1, 0.15) is 28.8 Å². The topological polar surface area (TPSA) is 61.6 Å². The number of amides is 1. The van der Waals surface area contributed by atoms with Crippen molar-refractivity contribution in [3.63, 3.8) is 0 Å². The second-order valence-electron chi connectivity index (χ2n) is 5.62. The molecule has 0 bridgehead atoms. The molecule has 0 radical (unpaired) electrons. The Morgan fingerprint density at radius 3 is 2.60 bits per heavy atom. The summed E-state index contributed by atoms with van der Waals surface area (Å²) in [5.74, 6) is 5.51. The van der Waals surface area contributed by atoms with E-state index in [-0.39, 0.29) is 5.91 Å². The van der Waals surface area contributed by atoms with Gasteiger partial charge in [0.1, 0.15) is 0 Å². The number of nitrogens with zero attached hydrogens (tertiary/aromatic N) is 2. The lowest BCUT2D eigenvalue weighted by molar-refractivity contribution is 0.0659. The Labute approximate surface area is 120 Å². The first kappa shape index (κ1) is 14.8. The van der Waals surface area contributed by atoms with Gasteiger partial charge in [0, 0.05) is 18.7 Å². The van der Waals surface area contributed by atoms with Crippen LogP contribution in [0, 0.1) is 6.92 Å². The molecular formula is C15H24N4O. The summed E-state index contributed by atoms with van der Waals surface area (Å²) in [4.78, 5) is 16.7. The Morgan fingerprint density at radius 1 is 1.40 bits per heavy atom. The number of hydrazine groups is 1. The van der Waals surface area contributed by atoms with Crippen LogP contribution in [0.3, 0.4) is 0 Å². The van der Waals surface area contributed by atoms with Gasteiger partial charge < -0.3 is 15.2 Å². The molecule has 1 aliphatic heterocycles. The molecule has 0 aliphatic carbocycles. The van der Waals surface area contributed by atoms with Gasteiger partial charge in [0.15, 0.2) is 0 Å². The molecular weight excluding hydrogens is 252 g/mol. The SMILES string of the molecule is Cc1cc(C(=O)N(C)C2CCN(C)CC2)ccc1NN. The Bertz CT molecular complexity index is 481. The first-order valence-corrected chi connectivity index (χ1v) is 7.06. The minimum atomic E-state index is 0.0891. The average molecular weight is 276 g/mol. The lowest BCUT2D eigenvalue weighted by atomic mass is 10.0. The van der Waals surface area contributed by atoms with Crippen LogP contribution < -0.4 is 11.3 Å². The minimum Gasteiger partial charge on any atom is -0.339 e. The number of anilines is 1. The number of piperidine rings is 1. The van der Waals surface area contributed by atoms with Gasteiger partial charge in [-0.15, -0.1) is 0 Å². The molecule has 0 unspecified atom stereocenters. The van der Waals surface area contributed by atoms with Crippen molar-refractivity contribution < 1.29 is 4.79 Å². The van der Waals surface area contributed by atoms with E-state index < -0.39 is 0 Å². The monoisotopic (exact) mass is 276 g/mol. The summed E-state index contributed by atoms with van der Waals surface area (Å²) in [5.41, 5.74) is 5.19. The summed E-state index contributed by atoms with van der Waals surface area (Å²) in [7, 11) is 4.03. The molecule has 1 fully saturated rings. The van der Waals surface area contributed by atoms with Crippen molar-refractivity contribution in [2.24, 2.45) is 5.84 Å². The maximum Gasteiger partial charge on any atom is 0.253 e. The van der Waals surface area contributed by atoms with Gasteiger partial charge in [-0.1, -0.05) is 0 Å². The maximum absolute atomic E-state index is 12.5. The van der Waals surface area contributed by atoms with Crippen molar-refractivity contribution >= 4 is 11.6 Å². The Kier molecular flexibility index (Phi) is 4.62. The van der Waals surface area contributed by atoms with Crippen LogP contribution in [0.4, 0.5) is 5.69 Å². The van der Waals surface area contributed by atoms with Crippen molar-refractivity contribution in [3.8, 4) is 0 Å². The number of benzene rings is 1. The molecule has 20 heavy (non-hydrogen) atoms. The zero-order chi connectivity index (χ0) is 14.7. The molecule has 1 aromatic carbocycles. The summed E-state index contributed by atoms with van der Waals surface area (Å²) in [6.45, 7) is 4.05. The van der Waals surface area contributed by atoms with Gasteiger partial charge >= 0.3 is 0 Å². The summed E-state index contributed by atoms with van der Waals surface area (Å²) in [6.07, 6.45) is 2.08. The minimum absolute atomic E-state index is 0.0891. The molecule has 1 aliphatic rings. The number of nitrogen functional groups attached to an aromatic ring is 1. The number of nitrogens with two attached hydrogens (primary N) is 1. The number of carbonyl (C=O) groups excluding carboxylic acids is 1. The maximum atomic E-state index is 12.5. The molecule has 0 atom stereocenters. The van der Waals surface area contributed by atoms with Crippen LogP contribution >= 0.6 is 0 Å². The largest absolute Gasteiger partial charge is 0.339 e. The molecule has 1 saturated heterocycles. The van der Waals surface area contributed by atoms with Crippen molar-refractivity contribution in [1.29, 1.82) is 0 Å². The van der Waals surface area contributed by atoms with Crippen LogP contribution in [-0.2, 0) is 0 Å². The second kappa shape index (κ2) is 6.24. The Hall–Kier alpha value is -1.59. The predicted octanol–water partition coefficient (Wildman–Crippen LogP) is 1.45. The van der Waals surface area contributed by atoms with Crippen molar-refractivity contribution in [1.82, 2.24) is 9.80 Å². The van der Waals surface area contributed by atoms with Crippen LogP contribution in [0.2, 0.25) is 0 Å². The molecule has 1 heterocycles. The summed E-state index contributed by atoms with van der Waals surface area (Å²) < 4.78 is 0. The van der Waals surface area contributed by atoms with E-state index in [9.17, 15) is 4.79 Å². The number of carbonyl (C=O) groups is 1. The molecule has 1 aromatic rings. The van der Waals surface area contributed by atoms with Gasteiger partial charge in [0.25, 0.3) is 5.91 Å². The molecule has 0 spiro atoms. The third kappa shape index (κ3) is 3.11.